The lowest BCUT2D eigenvalue weighted by Gasteiger charge is -2.12. The summed E-state index contributed by atoms with van der Waals surface area (Å²) in [4.78, 5) is 8.86. The molecule has 0 aliphatic rings. The standard InChI is InChI=1S/C16H22N4O/c1-4-6-14-19-15(17)11(2)16(20-14)18-10-12-7-5-8-13(9-12)21-3/h5,7-9H,4,6,10H2,1-3H3,(H3,17,18,19,20). The zero-order valence-electron chi connectivity index (χ0n) is 12.8. The molecule has 5 nitrogen and oxygen atoms in total. The van der Waals surface area contributed by atoms with E-state index in [0.29, 0.717) is 12.4 Å². The number of ether oxygens (including phenoxy) is 1. The van der Waals surface area contributed by atoms with Gasteiger partial charge >= 0.3 is 0 Å². The Labute approximate surface area is 125 Å². The Morgan fingerprint density at radius 1 is 1.29 bits per heavy atom. The van der Waals surface area contributed by atoms with Crippen molar-refractivity contribution in [2.75, 3.05) is 18.2 Å². The molecule has 0 saturated heterocycles. The number of nitrogens with one attached hydrogen (secondary N) is 1. The van der Waals surface area contributed by atoms with Gasteiger partial charge in [-0.05, 0) is 31.0 Å². The first-order valence-corrected chi connectivity index (χ1v) is 7.13. The van der Waals surface area contributed by atoms with Crippen LogP contribution in [0, 0.1) is 6.92 Å². The summed E-state index contributed by atoms with van der Waals surface area (Å²) in [6, 6.07) is 7.94. The van der Waals surface area contributed by atoms with E-state index in [1.165, 1.54) is 0 Å². The van der Waals surface area contributed by atoms with Gasteiger partial charge in [-0.25, -0.2) is 9.97 Å². The lowest BCUT2D eigenvalue weighted by molar-refractivity contribution is 0.414. The van der Waals surface area contributed by atoms with Crippen molar-refractivity contribution in [3.05, 3.63) is 41.2 Å². The molecule has 3 N–H and O–H groups in total. The van der Waals surface area contributed by atoms with E-state index in [2.05, 4.69) is 22.2 Å². The second kappa shape index (κ2) is 6.92. The maximum atomic E-state index is 5.96. The van der Waals surface area contributed by atoms with Crippen LogP contribution in [0.3, 0.4) is 0 Å². The predicted octanol–water partition coefficient (Wildman–Crippen LogP) is 2.94. The zero-order chi connectivity index (χ0) is 15.2. The van der Waals surface area contributed by atoms with Crippen LogP contribution in [0.2, 0.25) is 0 Å². The molecular formula is C16H22N4O. The smallest absolute Gasteiger partial charge is 0.135 e. The number of anilines is 2. The second-order valence-corrected chi connectivity index (χ2v) is 4.95. The molecule has 1 aromatic carbocycles. The summed E-state index contributed by atoms with van der Waals surface area (Å²) in [5.41, 5.74) is 7.97. The Kier molecular flexibility index (Phi) is 4.98. The highest BCUT2D eigenvalue weighted by molar-refractivity contribution is 5.55. The molecule has 0 atom stereocenters. The molecule has 0 fully saturated rings. The Morgan fingerprint density at radius 3 is 2.81 bits per heavy atom. The van der Waals surface area contributed by atoms with Crippen LogP contribution >= 0.6 is 0 Å². The molecule has 0 amide bonds. The maximum Gasteiger partial charge on any atom is 0.135 e. The molecule has 0 saturated carbocycles. The normalized spacial score (nSPS) is 10.4. The van der Waals surface area contributed by atoms with Crippen LogP contribution in [-0.2, 0) is 13.0 Å². The zero-order valence-corrected chi connectivity index (χ0v) is 12.8. The van der Waals surface area contributed by atoms with E-state index in [1.54, 1.807) is 7.11 Å². The summed E-state index contributed by atoms with van der Waals surface area (Å²) in [5, 5.41) is 3.33. The van der Waals surface area contributed by atoms with Crippen LogP contribution in [0.15, 0.2) is 24.3 Å². The van der Waals surface area contributed by atoms with Crippen LogP contribution in [0.25, 0.3) is 0 Å². The summed E-state index contributed by atoms with van der Waals surface area (Å²) < 4.78 is 5.23. The summed E-state index contributed by atoms with van der Waals surface area (Å²) in [6.45, 7) is 4.70. The van der Waals surface area contributed by atoms with Crippen LogP contribution in [-0.4, -0.2) is 17.1 Å². The summed E-state index contributed by atoms with van der Waals surface area (Å²) in [7, 11) is 1.67. The van der Waals surface area contributed by atoms with Crippen LogP contribution in [0.5, 0.6) is 5.75 Å². The minimum absolute atomic E-state index is 0.543. The van der Waals surface area contributed by atoms with Gasteiger partial charge in [0.2, 0.25) is 0 Å². The second-order valence-electron chi connectivity index (χ2n) is 4.95. The van der Waals surface area contributed by atoms with E-state index in [1.807, 2.05) is 31.2 Å². The Bertz CT molecular complexity index is 613. The van der Waals surface area contributed by atoms with E-state index in [4.69, 9.17) is 10.5 Å². The van der Waals surface area contributed by atoms with Gasteiger partial charge in [-0.15, -0.1) is 0 Å². The highest BCUT2D eigenvalue weighted by Crippen LogP contribution is 2.19. The number of hydrogen-bond donors (Lipinski definition) is 2. The summed E-state index contributed by atoms with van der Waals surface area (Å²) in [6.07, 6.45) is 1.83. The fourth-order valence-corrected chi connectivity index (χ4v) is 2.06. The van der Waals surface area contributed by atoms with Gasteiger partial charge < -0.3 is 15.8 Å². The van der Waals surface area contributed by atoms with Crippen LogP contribution in [0.1, 0.15) is 30.3 Å². The minimum atomic E-state index is 0.543. The molecule has 112 valence electrons. The fourth-order valence-electron chi connectivity index (χ4n) is 2.06. The van der Waals surface area contributed by atoms with Gasteiger partial charge in [0.1, 0.15) is 23.2 Å². The molecule has 0 aliphatic carbocycles. The highest BCUT2D eigenvalue weighted by Gasteiger charge is 2.08. The Balaban J connectivity index is 2.15. The molecule has 0 bridgehead atoms. The van der Waals surface area contributed by atoms with Crippen molar-refractivity contribution in [3.8, 4) is 5.75 Å². The van der Waals surface area contributed by atoms with Gasteiger partial charge in [0, 0.05) is 18.5 Å². The molecule has 5 heteroatoms. The molecule has 21 heavy (non-hydrogen) atoms. The number of methoxy groups -OCH3 is 1. The number of hydrogen-bond acceptors (Lipinski definition) is 5. The average molecular weight is 286 g/mol. The van der Waals surface area contributed by atoms with Crippen molar-refractivity contribution in [2.24, 2.45) is 0 Å². The molecule has 1 aromatic heterocycles. The topological polar surface area (TPSA) is 73.1 Å². The van der Waals surface area contributed by atoms with Gasteiger partial charge in [-0.3, -0.25) is 0 Å². The Hall–Kier alpha value is -2.30. The number of nitrogen functional groups attached to an aromatic ring is 1. The lowest BCUT2D eigenvalue weighted by atomic mass is 10.2. The first-order valence-electron chi connectivity index (χ1n) is 7.13. The molecule has 0 aliphatic heterocycles. The third kappa shape index (κ3) is 3.84. The third-order valence-corrected chi connectivity index (χ3v) is 3.30. The largest absolute Gasteiger partial charge is 0.497 e. The quantitative estimate of drug-likeness (QED) is 0.854. The average Bonchev–Trinajstić information content (AvgIpc) is 2.50. The molecule has 0 spiro atoms. The SMILES string of the molecule is CCCc1nc(N)c(C)c(NCc2cccc(OC)c2)n1. The summed E-state index contributed by atoms with van der Waals surface area (Å²) in [5.74, 6) is 2.98. The number of rotatable bonds is 6. The number of aromatic nitrogens is 2. The van der Waals surface area contributed by atoms with E-state index >= 15 is 0 Å². The predicted molar refractivity (Wildman–Crippen MR) is 85.5 cm³/mol. The molecular weight excluding hydrogens is 264 g/mol. The van der Waals surface area contributed by atoms with Gasteiger partial charge in [-0.2, -0.15) is 0 Å². The molecule has 1 heterocycles. The molecule has 2 rings (SSSR count). The lowest BCUT2D eigenvalue weighted by Crippen LogP contribution is -2.09. The number of nitrogens with two attached hydrogens (primary N) is 1. The van der Waals surface area contributed by atoms with E-state index in [-0.39, 0.29) is 0 Å². The first kappa shape index (κ1) is 15.1. The molecule has 2 aromatic rings. The highest BCUT2D eigenvalue weighted by atomic mass is 16.5. The maximum absolute atomic E-state index is 5.96. The third-order valence-electron chi connectivity index (χ3n) is 3.30. The van der Waals surface area contributed by atoms with Crippen molar-refractivity contribution in [2.45, 2.75) is 33.2 Å². The van der Waals surface area contributed by atoms with Crippen LogP contribution < -0.4 is 15.8 Å². The number of nitrogens with zero attached hydrogens (tertiary/aromatic N) is 2. The van der Waals surface area contributed by atoms with E-state index in [9.17, 15) is 0 Å². The molecule has 0 unspecified atom stereocenters. The minimum Gasteiger partial charge on any atom is -0.497 e. The van der Waals surface area contributed by atoms with E-state index < -0.39 is 0 Å². The fraction of sp³-hybridized carbons (Fsp3) is 0.375. The van der Waals surface area contributed by atoms with Crippen molar-refractivity contribution < 1.29 is 4.74 Å². The van der Waals surface area contributed by atoms with Crippen molar-refractivity contribution in [1.29, 1.82) is 0 Å². The van der Waals surface area contributed by atoms with Gasteiger partial charge in [0.15, 0.2) is 0 Å². The van der Waals surface area contributed by atoms with Gasteiger partial charge in [0.25, 0.3) is 0 Å². The Morgan fingerprint density at radius 2 is 2.10 bits per heavy atom. The van der Waals surface area contributed by atoms with Crippen molar-refractivity contribution in [1.82, 2.24) is 9.97 Å². The number of aryl methyl sites for hydroxylation is 1. The van der Waals surface area contributed by atoms with Crippen molar-refractivity contribution >= 4 is 11.6 Å². The van der Waals surface area contributed by atoms with Gasteiger partial charge in [0.05, 0.1) is 7.11 Å². The van der Waals surface area contributed by atoms with E-state index in [0.717, 1.165) is 41.4 Å². The number of benzene rings is 1. The molecule has 0 radical (unpaired) electrons. The first-order chi connectivity index (χ1) is 10.1. The van der Waals surface area contributed by atoms with Crippen LogP contribution in [0.4, 0.5) is 11.6 Å². The van der Waals surface area contributed by atoms with Gasteiger partial charge in [-0.1, -0.05) is 19.1 Å². The summed E-state index contributed by atoms with van der Waals surface area (Å²) >= 11 is 0. The van der Waals surface area contributed by atoms with Crippen molar-refractivity contribution in [3.63, 3.8) is 0 Å². The monoisotopic (exact) mass is 286 g/mol.